The number of carboxylic acid groups (broad SMARTS) is 10. The van der Waals surface area contributed by atoms with Crippen molar-refractivity contribution in [1.29, 1.82) is 5.41 Å². The normalized spacial score (nSPS) is 14.2. The van der Waals surface area contributed by atoms with E-state index in [1.807, 2.05) is 63.7 Å². The second-order valence-electron chi connectivity index (χ2n) is 35.4. The van der Waals surface area contributed by atoms with Crippen molar-refractivity contribution in [1.82, 2.24) is 59.3 Å². The maximum absolute atomic E-state index is 13.4. The molecule has 3 aliphatic rings. The fourth-order valence-electron chi connectivity index (χ4n) is 14.6. The molecular formula is C96H140BrN13O35. The van der Waals surface area contributed by atoms with E-state index < -0.39 is 231 Å². The molecule has 0 fully saturated rings. The van der Waals surface area contributed by atoms with Crippen molar-refractivity contribution in [2.75, 3.05) is 51.4 Å². The minimum absolute atomic E-state index is 0. The van der Waals surface area contributed by atoms with Gasteiger partial charge in [-0.25, -0.2) is 4.79 Å². The SMILES string of the molecule is CC(C)=O.CCCCOCCOCC(=O)NCCCCCCCCCCC(=O)NCCCCCCCCCCC(=O)NC(CCN1C=C(CC(C)(C)C(=O)O)NN1)C(=O)O.N.N=C1/C(=C2/C(=O)Nc3cc(Br)ccc32)Cc2ccccc21.O=CC(CC(=O)O)NC(=O)C(CC(=O)O)CC(=O)C(CC(=O)O)NC(=O)C(CC(=O)O)CC(=O)C(CC(=O)O)NC(=O)C(CC(=O)O)CC(=O)C(CC(=O)O)NC(=O)CCC(=O)O. The van der Waals surface area contributed by atoms with Crippen LogP contribution in [0.2, 0.25) is 0 Å². The first kappa shape index (κ1) is 129. The Hall–Kier alpha value is -13.7. The Balaban J connectivity index is 0.00000116. The summed E-state index contributed by atoms with van der Waals surface area (Å²) < 4.78 is 11.7. The summed E-state index contributed by atoms with van der Waals surface area (Å²) in [5.74, 6) is -31.3. The number of nitrogens with zero attached hydrogens (tertiary/aromatic N) is 1. The molecule has 0 spiro atoms. The predicted octanol–water partition coefficient (Wildman–Crippen LogP) is 6.28. The average molecular weight is 2120 g/mol. The number of carbonyl (C=O) groups excluding carboxylic acids is 13. The van der Waals surface area contributed by atoms with Gasteiger partial charge in [0.05, 0.1) is 129 Å². The van der Waals surface area contributed by atoms with Gasteiger partial charge in [0.25, 0.3) is 5.91 Å². The molecule has 5 rings (SSSR count). The van der Waals surface area contributed by atoms with E-state index in [0.717, 1.165) is 142 Å². The van der Waals surface area contributed by atoms with Gasteiger partial charge in [0.1, 0.15) is 24.7 Å². The zero-order valence-electron chi connectivity index (χ0n) is 82.2. The molecule has 0 radical (unpaired) electrons. The Morgan fingerprint density at radius 1 is 0.483 bits per heavy atom. The molecule has 0 saturated carbocycles. The number of unbranched alkanes of at least 4 members (excludes halogenated alkanes) is 15. The van der Waals surface area contributed by atoms with E-state index in [2.05, 4.69) is 55.1 Å². The minimum Gasteiger partial charge on any atom is -0.481 e. The van der Waals surface area contributed by atoms with Crippen molar-refractivity contribution in [3.05, 3.63) is 81.1 Å². The molecule has 806 valence electrons. The molecule has 8 unspecified atom stereocenters. The predicted molar refractivity (Wildman–Crippen MR) is 521 cm³/mol. The number of anilines is 1. The largest absolute Gasteiger partial charge is 0.481 e. The van der Waals surface area contributed by atoms with E-state index in [1.54, 1.807) is 25.1 Å². The monoisotopic (exact) mass is 2110 g/mol. The molecule has 24 N–H and O–H groups in total. The van der Waals surface area contributed by atoms with Gasteiger partial charge in [-0.1, -0.05) is 137 Å². The number of hydrazine groups is 2. The molecule has 2 aliphatic heterocycles. The lowest BCUT2D eigenvalue weighted by Crippen LogP contribution is -2.49. The molecule has 49 heteroatoms. The summed E-state index contributed by atoms with van der Waals surface area (Å²) in [4.78, 5) is 275. The summed E-state index contributed by atoms with van der Waals surface area (Å²) in [6.45, 7) is 12.0. The molecule has 8 amide bonds. The number of carbonyl (C=O) groups is 23. The van der Waals surface area contributed by atoms with Crippen LogP contribution in [0.15, 0.2) is 64.4 Å². The first-order valence-corrected chi connectivity index (χ1v) is 48.2. The number of ether oxygens (including phenoxy) is 2. The highest BCUT2D eigenvalue weighted by atomic mass is 79.9. The number of fused-ring (bicyclic) bond motifs is 2. The number of hydrogen-bond donors (Lipinski definition) is 22. The van der Waals surface area contributed by atoms with Crippen molar-refractivity contribution in [3.63, 3.8) is 0 Å². The van der Waals surface area contributed by atoms with Crippen molar-refractivity contribution < 1.29 is 171 Å². The van der Waals surface area contributed by atoms with Crippen LogP contribution in [0, 0.1) is 28.6 Å². The quantitative estimate of drug-likeness (QED) is 0.0197. The second kappa shape index (κ2) is 70.9. The third-order valence-electron chi connectivity index (χ3n) is 22.2. The maximum atomic E-state index is 13.4. The summed E-state index contributed by atoms with van der Waals surface area (Å²) in [7, 11) is 0. The first-order valence-electron chi connectivity index (χ1n) is 47.4. The zero-order chi connectivity index (χ0) is 108. The fourth-order valence-corrected chi connectivity index (χ4v) is 15.0. The van der Waals surface area contributed by atoms with Crippen LogP contribution in [0.3, 0.4) is 0 Å². The van der Waals surface area contributed by atoms with E-state index in [1.165, 1.54) is 26.7 Å². The number of rotatable bonds is 72. The van der Waals surface area contributed by atoms with Crippen LogP contribution in [0.4, 0.5) is 5.69 Å². The number of allylic oxidation sites excluding steroid dienone is 2. The molecule has 2 heterocycles. The molecule has 0 saturated heterocycles. The number of ketones is 4. The summed E-state index contributed by atoms with van der Waals surface area (Å²) in [5, 5.41) is 122. The van der Waals surface area contributed by atoms with Crippen LogP contribution in [0.1, 0.15) is 270 Å². The molecule has 0 bridgehead atoms. The van der Waals surface area contributed by atoms with Crippen LogP contribution < -0.4 is 59.6 Å². The summed E-state index contributed by atoms with van der Waals surface area (Å²) in [5.41, 5.74) is 11.2. The Kier molecular flexibility index (Phi) is 63.2. The lowest BCUT2D eigenvalue weighted by Gasteiger charge is -2.24. The van der Waals surface area contributed by atoms with Gasteiger partial charge in [0, 0.05) is 105 Å². The van der Waals surface area contributed by atoms with Gasteiger partial charge >= 0.3 is 59.7 Å². The van der Waals surface area contributed by atoms with Crippen LogP contribution in [-0.4, -0.2) is 274 Å². The van der Waals surface area contributed by atoms with Crippen molar-refractivity contribution in [3.8, 4) is 0 Å². The molecule has 8 atom stereocenters. The average Bonchev–Trinajstić information content (AvgIpc) is 1.60. The Morgan fingerprint density at radius 2 is 0.910 bits per heavy atom. The van der Waals surface area contributed by atoms with Crippen molar-refractivity contribution in [2.24, 2.45) is 23.2 Å². The number of aliphatic carboxylic acids is 10. The Bertz CT molecular complexity index is 4840. The Labute approximate surface area is 846 Å². The van der Waals surface area contributed by atoms with Gasteiger partial charge < -0.3 is 124 Å². The lowest BCUT2D eigenvalue weighted by molar-refractivity contribution is -0.147. The van der Waals surface area contributed by atoms with Gasteiger partial charge in [0.2, 0.25) is 41.4 Å². The van der Waals surface area contributed by atoms with Gasteiger partial charge in [-0.15, -0.1) is 5.53 Å². The molecule has 145 heavy (non-hydrogen) atoms. The number of benzene rings is 2. The van der Waals surface area contributed by atoms with E-state index in [-0.39, 0.29) is 61.3 Å². The van der Waals surface area contributed by atoms with Gasteiger partial charge in [-0.2, -0.15) is 0 Å². The van der Waals surface area contributed by atoms with Crippen LogP contribution in [-0.2, 0) is 126 Å². The molecule has 2 aromatic carbocycles. The van der Waals surface area contributed by atoms with E-state index in [0.29, 0.717) is 69.0 Å². The molecule has 0 aromatic heterocycles. The van der Waals surface area contributed by atoms with Gasteiger partial charge in [-0.05, 0) is 89.5 Å². The smallest absolute Gasteiger partial charge is 0.326 e. The first-order chi connectivity index (χ1) is 68.0. The highest BCUT2D eigenvalue weighted by molar-refractivity contribution is 9.10. The summed E-state index contributed by atoms with van der Waals surface area (Å²) in [6.07, 6.45) is 9.20. The zero-order valence-corrected chi connectivity index (χ0v) is 83.8. The highest BCUT2D eigenvalue weighted by Crippen LogP contribution is 2.40. The lowest BCUT2D eigenvalue weighted by atomic mass is 9.88. The van der Waals surface area contributed by atoms with E-state index in [4.69, 9.17) is 25.1 Å². The number of halogens is 1. The molecule has 2 aromatic rings. The summed E-state index contributed by atoms with van der Waals surface area (Å²) in [6, 6.07) is 4.57. The number of Topliss-reactive ketones (excluding diaryl/α,β-unsaturated/α-hetero) is 4. The highest BCUT2D eigenvalue weighted by Gasteiger charge is 2.40. The van der Waals surface area contributed by atoms with Crippen LogP contribution >= 0.6 is 15.9 Å². The summed E-state index contributed by atoms with van der Waals surface area (Å²) >= 11 is 3.41. The second-order valence-corrected chi connectivity index (χ2v) is 36.3. The van der Waals surface area contributed by atoms with Crippen LogP contribution in [0.25, 0.3) is 5.57 Å². The third-order valence-corrected chi connectivity index (χ3v) is 22.6. The topological polar surface area (TPSA) is 796 Å². The standard InChI is InChI=1S/C41H76N6O9.C35H44N4O24.C17H11BrN2O.C3H6O.H3N/c1-4-5-28-55-29-30-56-33-38(50)43-26-21-17-13-8-6-10-14-18-22-36(48)42-25-20-16-12-9-7-11-15-19-23-37(49)44-35(39(51)52)24-27-47-32-34(45-46-47)31-41(2,3)40(53)54;40-13-17(9-29(53)54)36-33(61)14(6-26(47)48)3-22(42)19(11-31(57)58)38-35(63)16(8-28(51)52)5-23(43)20(12-32(59)60)39-34(62)15(7-27(49)50)4-21(41)18(10-30(55)56)37-24(44)1-2-25(45)46;18-10-5-6-12-14(8-10)20-17(21)15(12)13-7-9-3-1-2-4-11(9)16(13)19;1-3(2)4;/h32,35,45-46H,4-31,33H2,1-3H3,(H,42,48)(H,43,50)(H,44,49)(H,51,52)(H,53,54);13-20H,1-12H2,(H,36,61)(H,37,44)(H,38,63)(H,39,62)(H,45,46)(H,47,48)(H,49,50)(H,51,52)(H,53,54)(H,55,56)(H,57,58)(H,59,60);1-6,8,19H,7H2,(H,20,21);1-2H3;1H3/b;;15-13+,19-16?;;. The Morgan fingerprint density at radius 3 is 1.36 bits per heavy atom. The van der Waals surface area contributed by atoms with E-state index in [9.17, 15) is 151 Å². The maximum Gasteiger partial charge on any atom is 0.326 e. The number of amides is 8. The number of aldehydes is 1. The minimum atomic E-state index is -2.22. The van der Waals surface area contributed by atoms with Gasteiger partial charge in [-0.3, -0.25) is 106 Å². The van der Waals surface area contributed by atoms with Gasteiger partial charge in [0.15, 0.2) is 17.3 Å². The van der Waals surface area contributed by atoms with Crippen molar-refractivity contribution >= 4 is 169 Å². The fraction of sp³-hybridized carbons (Fsp3) is 0.583. The number of nitrogens with one attached hydrogen (secondary N) is 11. The number of carboxylic acids is 10. The van der Waals surface area contributed by atoms with Crippen molar-refractivity contribution in [2.45, 2.75) is 290 Å². The number of hydrogen-bond acceptors (Lipinski definition) is 30. The van der Waals surface area contributed by atoms with Crippen LogP contribution in [0.5, 0.6) is 0 Å². The molecule has 1 aliphatic carbocycles. The molecular weight excluding hydrogens is 1980 g/mol. The molecule has 48 nitrogen and oxygen atoms in total. The third kappa shape index (κ3) is 56.2. The van der Waals surface area contributed by atoms with E-state index >= 15 is 0 Å².